The highest BCUT2D eigenvalue weighted by molar-refractivity contribution is 8.14. The molecular formula is C20H20ClN5O2S. The number of rotatable bonds is 5. The maximum Gasteiger partial charge on any atom is 0.278 e. The Kier molecular flexibility index (Phi) is 5.47. The highest BCUT2D eigenvalue weighted by Crippen LogP contribution is 2.35. The third-order valence-corrected chi connectivity index (χ3v) is 5.79. The van der Waals surface area contributed by atoms with Crippen molar-refractivity contribution in [2.24, 2.45) is 12.0 Å². The Bertz CT molecular complexity index is 1040. The molecule has 1 N–H and O–H groups in total. The van der Waals surface area contributed by atoms with Gasteiger partial charge < -0.3 is 5.32 Å². The molecule has 7 nitrogen and oxygen atoms in total. The fourth-order valence-electron chi connectivity index (χ4n) is 2.98. The van der Waals surface area contributed by atoms with Crippen molar-refractivity contribution in [2.75, 3.05) is 11.1 Å². The lowest BCUT2D eigenvalue weighted by atomic mass is 10.2. The van der Waals surface area contributed by atoms with E-state index in [1.807, 2.05) is 26.2 Å². The van der Waals surface area contributed by atoms with Gasteiger partial charge in [-0.15, -0.1) is 0 Å². The van der Waals surface area contributed by atoms with E-state index in [0.717, 1.165) is 24.0 Å². The highest BCUT2D eigenvalue weighted by atomic mass is 35.5. The first-order valence-corrected chi connectivity index (χ1v) is 10.6. The summed E-state index contributed by atoms with van der Waals surface area (Å²) in [5.74, 6) is -0.137. The monoisotopic (exact) mass is 429 g/mol. The molecule has 1 saturated carbocycles. The summed E-state index contributed by atoms with van der Waals surface area (Å²) >= 11 is 7.28. The average Bonchev–Trinajstić information content (AvgIpc) is 3.35. The van der Waals surface area contributed by atoms with E-state index in [9.17, 15) is 9.59 Å². The van der Waals surface area contributed by atoms with E-state index in [1.165, 1.54) is 11.8 Å². The molecule has 0 radical (unpaired) electrons. The van der Waals surface area contributed by atoms with Crippen LogP contribution in [0.4, 0.5) is 5.69 Å². The minimum absolute atomic E-state index is 0.120. The maximum atomic E-state index is 12.8. The summed E-state index contributed by atoms with van der Waals surface area (Å²) < 4.78 is 1.67. The Balaban J connectivity index is 1.46. The fraction of sp³-hybridized carbons (Fsp3) is 0.300. The van der Waals surface area contributed by atoms with Crippen LogP contribution in [0.1, 0.15) is 24.0 Å². The number of amidine groups is 1. The molecule has 1 aromatic heterocycles. The lowest BCUT2D eigenvalue weighted by Crippen LogP contribution is -2.33. The molecule has 0 bridgehead atoms. The Labute approximate surface area is 177 Å². The largest absolute Gasteiger partial charge is 0.325 e. The number of aryl methyl sites for hydroxylation is 2. The molecule has 1 aromatic carbocycles. The van der Waals surface area contributed by atoms with Crippen LogP contribution in [0.2, 0.25) is 5.02 Å². The first kappa shape index (κ1) is 19.7. The Morgan fingerprint density at radius 1 is 1.41 bits per heavy atom. The van der Waals surface area contributed by atoms with Crippen LogP contribution in [0.25, 0.3) is 6.08 Å². The van der Waals surface area contributed by atoms with E-state index in [1.54, 1.807) is 34.0 Å². The normalized spacial score (nSPS) is 17.8. The molecule has 2 heterocycles. The number of halogens is 1. The van der Waals surface area contributed by atoms with Gasteiger partial charge in [-0.2, -0.15) is 5.10 Å². The van der Waals surface area contributed by atoms with E-state index in [4.69, 9.17) is 11.6 Å². The molecule has 2 aliphatic rings. The molecule has 0 spiro atoms. The molecule has 0 saturated heterocycles. The summed E-state index contributed by atoms with van der Waals surface area (Å²) in [7, 11) is 1.82. The van der Waals surface area contributed by atoms with Crippen molar-refractivity contribution < 1.29 is 9.59 Å². The zero-order valence-electron chi connectivity index (χ0n) is 16.1. The summed E-state index contributed by atoms with van der Waals surface area (Å²) in [6.45, 7) is 1.91. The Morgan fingerprint density at radius 2 is 2.21 bits per heavy atom. The average molecular weight is 430 g/mol. The first-order valence-electron chi connectivity index (χ1n) is 9.22. The zero-order valence-corrected chi connectivity index (χ0v) is 17.6. The van der Waals surface area contributed by atoms with Crippen molar-refractivity contribution in [2.45, 2.75) is 25.8 Å². The molecular weight excluding hydrogens is 410 g/mol. The van der Waals surface area contributed by atoms with Crippen LogP contribution in [-0.4, -0.2) is 43.5 Å². The molecule has 2 amide bonds. The number of carbonyl (C=O) groups excluding carboxylic acids is 2. The second kappa shape index (κ2) is 8.04. The number of hydrogen-bond donors (Lipinski definition) is 1. The standard InChI is InChI=1S/C20H20ClN5O2S/c1-12-3-4-14(21)8-16(12)23-18(27)11-29-20-24-17(7-13-9-22-25(2)10-13)19(28)26(20)15-5-6-15/h3-4,7-10,15H,5-6,11H2,1-2H3,(H,23,27). The number of hydrogen-bond acceptors (Lipinski definition) is 5. The predicted molar refractivity (Wildman–Crippen MR) is 116 cm³/mol. The molecule has 9 heteroatoms. The van der Waals surface area contributed by atoms with Gasteiger partial charge in [-0.25, -0.2) is 4.99 Å². The lowest BCUT2D eigenvalue weighted by molar-refractivity contribution is -0.123. The van der Waals surface area contributed by atoms with Gasteiger partial charge in [-0.05, 0) is 43.5 Å². The first-order chi connectivity index (χ1) is 13.9. The van der Waals surface area contributed by atoms with Crippen molar-refractivity contribution in [3.05, 3.63) is 52.4 Å². The second-order valence-corrected chi connectivity index (χ2v) is 8.45. The second-order valence-electron chi connectivity index (χ2n) is 7.07. The van der Waals surface area contributed by atoms with E-state index in [0.29, 0.717) is 21.6 Å². The van der Waals surface area contributed by atoms with Crippen LogP contribution in [0.15, 0.2) is 41.3 Å². The van der Waals surface area contributed by atoms with Crippen molar-refractivity contribution >= 4 is 52.1 Å². The number of thioether (sulfide) groups is 1. The van der Waals surface area contributed by atoms with Crippen LogP contribution in [0, 0.1) is 6.92 Å². The summed E-state index contributed by atoms with van der Waals surface area (Å²) in [6, 6.07) is 5.53. The molecule has 1 aliphatic carbocycles. The third-order valence-electron chi connectivity index (χ3n) is 4.61. The third kappa shape index (κ3) is 4.54. The number of anilines is 1. The SMILES string of the molecule is Cc1ccc(Cl)cc1NC(=O)CSC1=NC(=Cc2cnn(C)c2)C(=O)N1C1CC1. The Morgan fingerprint density at radius 3 is 2.90 bits per heavy atom. The zero-order chi connectivity index (χ0) is 20.5. The molecule has 29 heavy (non-hydrogen) atoms. The van der Waals surface area contributed by atoms with Crippen LogP contribution in [0.5, 0.6) is 0 Å². The fourth-order valence-corrected chi connectivity index (χ4v) is 4.02. The summed E-state index contributed by atoms with van der Waals surface area (Å²) in [6.07, 6.45) is 7.15. The van der Waals surface area contributed by atoms with Crippen molar-refractivity contribution in [1.29, 1.82) is 0 Å². The van der Waals surface area contributed by atoms with E-state index in [2.05, 4.69) is 15.4 Å². The molecule has 1 aliphatic heterocycles. The summed E-state index contributed by atoms with van der Waals surface area (Å²) in [5.41, 5.74) is 2.81. The number of aliphatic imine (C=N–C) groups is 1. The van der Waals surface area contributed by atoms with Crippen molar-refractivity contribution in [1.82, 2.24) is 14.7 Å². The van der Waals surface area contributed by atoms with Gasteiger partial charge in [0, 0.05) is 35.6 Å². The van der Waals surface area contributed by atoms with Gasteiger partial charge in [0.25, 0.3) is 5.91 Å². The van der Waals surface area contributed by atoms with Gasteiger partial charge in [-0.1, -0.05) is 29.4 Å². The van der Waals surface area contributed by atoms with Crippen LogP contribution < -0.4 is 5.32 Å². The van der Waals surface area contributed by atoms with Crippen LogP contribution in [0.3, 0.4) is 0 Å². The van der Waals surface area contributed by atoms with Gasteiger partial charge in [0.2, 0.25) is 5.91 Å². The number of nitrogens with one attached hydrogen (secondary N) is 1. The van der Waals surface area contributed by atoms with Crippen LogP contribution in [-0.2, 0) is 16.6 Å². The van der Waals surface area contributed by atoms with Gasteiger partial charge in [0.15, 0.2) is 5.17 Å². The van der Waals surface area contributed by atoms with Gasteiger partial charge in [-0.3, -0.25) is 19.2 Å². The maximum absolute atomic E-state index is 12.8. The van der Waals surface area contributed by atoms with Crippen molar-refractivity contribution in [3.8, 4) is 0 Å². The smallest absolute Gasteiger partial charge is 0.278 e. The van der Waals surface area contributed by atoms with E-state index in [-0.39, 0.29) is 23.6 Å². The highest BCUT2D eigenvalue weighted by Gasteiger charge is 2.41. The van der Waals surface area contributed by atoms with Gasteiger partial charge >= 0.3 is 0 Å². The summed E-state index contributed by atoms with van der Waals surface area (Å²) in [4.78, 5) is 31.5. The topological polar surface area (TPSA) is 79.6 Å². The minimum atomic E-state index is -0.170. The molecule has 4 rings (SSSR count). The van der Waals surface area contributed by atoms with Crippen LogP contribution >= 0.6 is 23.4 Å². The van der Waals surface area contributed by atoms with E-state index >= 15 is 0 Å². The predicted octanol–water partition coefficient (Wildman–Crippen LogP) is 3.46. The molecule has 2 aromatic rings. The number of benzene rings is 1. The number of aromatic nitrogens is 2. The van der Waals surface area contributed by atoms with Gasteiger partial charge in [0.1, 0.15) is 5.70 Å². The number of carbonyl (C=O) groups is 2. The van der Waals surface area contributed by atoms with Gasteiger partial charge in [0.05, 0.1) is 11.9 Å². The molecule has 1 fully saturated rings. The number of nitrogens with zero attached hydrogens (tertiary/aromatic N) is 4. The molecule has 0 unspecified atom stereocenters. The summed E-state index contributed by atoms with van der Waals surface area (Å²) in [5, 5.41) is 8.12. The number of amides is 2. The molecule has 0 atom stereocenters. The lowest BCUT2D eigenvalue weighted by Gasteiger charge is -2.16. The van der Waals surface area contributed by atoms with Crippen molar-refractivity contribution in [3.63, 3.8) is 0 Å². The minimum Gasteiger partial charge on any atom is -0.325 e. The quantitative estimate of drug-likeness (QED) is 0.738. The van der Waals surface area contributed by atoms with E-state index < -0.39 is 0 Å². The Hall–Kier alpha value is -2.58. The molecule has 150 valence electrons.